The summed E-state index contributed by atoms with van der Waals surface area (Å²) in [6.07, 6.45) is 2.11. The van der Waals surface area contributed by atoms with E-state index in [9.17, 15) is 4.79 Å². The smallest absolute Gasteiger partial charge is 0.270 e. The van der Waals surface area contributed by atoms with Gasteiger partial charge in [0.1, 0.15) is 5.69 Å². The number of hydrogen-bond acceptors (Lipinski definition) is 2. The van der Waals surface area contributed by atoms with Gasteiger partial charge in [-0.3, -0.25) is 4.79 Å². The fraction of sp³-hybridized carbons (Fsp3) is 0.438. The second-order valence-corrected chi connectivity index (χ2v) is 6.35. The Morgan fingerprint density at radius 1 is 1.33 bits per heavy atom. The number of hydrogen-bond donors (Lipinski definition) is 0. The van der Waals surface area contributed by atoms with E-state index in [2.05, 4.69) is 15.9 Å². The molecule has 0 radical (unpaired) electrons. The molecular formula is C16H19BrN2O2. The SMILES string of the molecule is COC1CCN(C(=O)c2cc3cccc(Br)c3n2C)CC1. The van der Waals surface area contributed by atoms with Crippen LogP contribution in [-0.4, -0.2) is 41.7 Å². The lowest BCUT2D eigenvalue weighted by molar-refractivity contribution is 0.0346. The van der Waals surface area contributed by atoms with Crippen LogP contribution in [-0.2, 0) is 11.8 Å². The molecule has 1 aromatic carbocycles. The molecule has 1 aromatic heterocycles. The number of nitrogens with zero attached hydrogens (tertiary/aromatic N) is 2. The van der Waals surface area contributed by atoms with Crippen molar-refractivity contribution < 1.29 is 9.53 Å². The van der Waals surface area contributed by atoms with E-state index in [0.717, 1.165) is 47.0 Å². The highest BCUT2D eigenvalue weighted by Crippen LogP contribution is 2.27. The topological polar surface area (TPSA) is 34.5 Å². The summed E-state index contributed by atoms with van der Waals surface area (Å²) in [4.78, 5) is 14.7. The van der Waals surface area contributed by atoms with Crippen molar-refractivity contribution in [3.63, 3.8) is 0 Å². The molecule has 112 valence electrons. The Morgan fingerprint density at radius 3 is 2.67 bits per heavy atom. The van der Waals surface area contributed by atoms with Crippen LogP contribution in [0.3, 0.4) is 0 Å². The summed E-state index contributed by atoms with van der Waals surface area (Å²) in [6, 6.07) is 8.00. The number of carbonyl (C=O) groups excluding carboxylic acids is 1. The molecule has 21 heavy (non-hydrogen) atoms. The van der Waals surface area contributed by atoms with Gasteiger partial charge in [0.2, 0.25) is 0 Å². The molecule has 0 atom stereocenters. The molecule has 2 aromatic rings. The normalized spacial score (nSPS) is 16.6. The highest BCUT2D eigenvalue weighted by Gasteiger charge is 2.25. The zero-order chi connectivity index (χ0) is 15.0. The first-order valence-corrected chi connectivity index (χ1v) is 7.97. The molecule has 5 heteroatoms. The van der Waals surface area contributed by atoms with Crippen molar-refractivity contribution in [1.29, 1.82) is 0 Å². The third-order valence-corrected chi connectivity index (χ3v) is 4.93. The van der Waals surface area contributed by atoms with Crippen molar-refractivity contribution in [3.8, 4) is 0 Å². The minimum atomic E-state index is 0.107. The van der Waals surface area contributed by atoms with Gasteiger partial charge < -0.3 is 14.2 Å². The maximum atomic E-state index is 12.7. The van der Waals surface area contributed by atoms with Gasteiger partial charge in [0.15, 0.2) is 0 Å². The Balaban J connectivity index is 1.89. The molecular weight excluding hydrogens is 332 g/mol. The lowest BCUT2D eigenvalue weighted by Gasteiger charge is -2.31. The summed E-state index contributed by atoms with van der Waals surface area (Å²) in [5, 5.41) is 1.09. The number of rotatable bonds is 2. The van der Waals surface area contributed by atoms with Crippen molar-refractivity contribution in [2.45, 2.75) is 18.9 Å². The first-order chi connectivity index (χ1) is 10.1. The number of aromatic nitrogens is 1. The van der Waals surface area contributed by atoms with Gasteiger partial charge in [0.25, 0.3) is 5.91 Å². The van der Waals surface area contributed by atoms with Crippen molar-refractivity contribution >= 4 is 32.7 Å². The predicted octanol–water partition coefficient (Wildman–Crippen LogP) is 3.19. The van der Waals surface area contributed by atoms with Gasteiger partial charge in [0.05, 0.1) is 11.6 Å². The number of amides is 1. The molecule has 1 fully saturated rings. The van der Waals surface area contributed by atoms with E-state index in [1.807, 2.05) is 40.8 Å². The molecule has 1 amide bonds. The zero-order valence-electron chi connectivity index (χ0n) is 12.3. The highest BCUT2D eigenvalue weighted by molar-refractivity contribution is 9.10. The fourth-order valence-electron chi connectivity index (χ4n) is 3.03. The number of benzene rings is 1. The van der Waals surface area contributed by atoms with Gasteiger partial charge in [-0.15, -0.1) is 0 Å². The summed E-state index contributed by atoms with van der Waals surface area (Å²) in [6.45, 7) is 1.53. The van der Waals surface area contributed by atoms with Gasteiger partial charge >= 0.3 is 0 Å². The lowest BCUT2D eigenvalue weighted by atomic mass is 10.1. The van der Waals surface area contributed by atoms with Crippen LogP contribution in [0.25, 0.3) is 10.9 Å². The van der Waals surface area contributed by atoms with E-state index in [4.69, 9.17) is 4.74 Å². The van der Waals surface area contributed by atoms with Crippen LogP contribution in [0, 0.1) is 0 Å². The summed E-state index contributed by atoms with van der Waals surface area (Å²) in [7, 11) is 3.69. The van der Waals surface area contributed by atoms with E-state index in [-0.39, 0.29) is 12.0 Å². The largest absolute Gasteiger partial charge is 0.381 e. The van der Waals surface area contributed by atoms with Crippen molar-refractivity contribution in [3.05, 3.63) is 34.4 Å². The van der Waals surface area contributed by atoms with Crippen LogP contribution < -0.4 is 0 Å². The van der Waals surface area contributed by atoms with E-state index < -0.39 is 0 Å². The number of methoxy groups -OCH3 is 1. The molecule has 0 saturated carbocycles. The summed E-state index contributed by atoms with van der Waals surface area (Å²) in [5.74, 6) is 0.107. The van der Waals surface area contributed by atoms with Crippen LogP contribution >= 0.6 is 15.9 Å². The van der Waals surface area contributed by atoms with Crippen LogP contribution in [0.1, 0.15) is 23.3 Å². The molecule has 0 aliphatic carbocycles. The first kappa shape index (κ1) is 14.6. The van der Waals surface area contributed by atoms with Gasteiger partial charge in [-0.2, -0.15) is 0 Å². The second-order valence-electron chi connectivity index (χ2n) is 5.49. The van der Waals surface area contributed by atoms with E-state index in [1.165, 1.54) is 0 Å². The number of likely N-dealkylation sites (tertiary alicyclic amines) is 1. The number of ether oxygens (including phenoxy) is 1. The van der Waals surface area contributed by atoms with Gasteiger partial charge in [-0.25, -0.2) is 0 Å². The Labute approximate surface area is 132 Å². The average Bonchev–Trinajstić information content (AvgIpc) is 2.85. The fourth-order valence-corrected chi connectivity index (χ4v) is 3.68. The Kier molecular flexibility index (Phi) is 4.04. The Bertz CT molecular complexity index is 672. The van der Waals surface area contributed by atoms with Gasteiger partial charge in [0, 0.05) is 37.1 Å². The molecule has 2 heterocycles. The van der Waals surface area contributed by atoms with Crippen LogP contribution in [0.15, 0.2) is 28.7 Å². The number of para-hydroxylation sites is 1. The van der Waals surface area contributed by atoms with Crippen LogP contribution in [0.2, 0.25) is 0 Å². The van der Waals surface area contributed by atoms with Crippen molar-refractivity contribution in [2.75, 3.05) is 20.2 Å². The standard InChI is InChI=1S/C16H19BrN2O2/c1-18-14(10-11-4-3-5-13(17)15(11)18)16(20)19-8-6-12(21-2)7-9-19/h3-5,10,12H,6-9H2,1-2H3. The second kappa shape index (κ2) is 5.81. The number of fused-ring (bicyclic) bond motifs is 1. The van der Waals surface area contributed by atoms with E-state index in [1.54, 1.807) is 7.11 Å². The highest BCUT2D eigenvalue weighted by atomic mass is 79.9. The molecule has 1 aliphatic rings. The summed E-state index contributed by atoms with van der Waals surface area (Å²) >= 11 is 3.56. The maximum Gasteiger partial charge on any atom is 0.270 e. The van der Waals surface area contributed by atoms with Gasteiger partial charge in [-0.1, -0.05) is 12.1 Å². The quantitative estimate of drug-likeness (QED) is 0.833. The minimum Gasteiger partial charge on any atom is -0.381 e. The molecule has 0 unspecified atom stereocenters. The van der Waals surface area contributed by atoms with Crippen LogP contribution in [0.5, 0.6) is 0 Å². The molecule has 0 N–H and O–H groups in total. The molecule has 3 rings (SSSR count). The van der Waals surface area contributed by atoms with Crippen LogP contribution in [0.4, 0.5) is 0 Å². The number of carbonyl (C=O) groups is 1. The van der Waals surface area contributed by atoms with E-state index in [0.29, 0.717) is 0 Å². The predicted molar refractivity (Wildman–Crippen MR) is 86.6 cm³/mol. The van der Waals surface area contributed by atoms with E-state index >= 15 is 0 Å². The third kappa shape index (κ3) is 2.60. The molecule has 4 nitrogen and oxygen atoms in total. The average molecular weight is 351 g/mol. The van der Waals surface area contributed by atoms with Crippen molar-refractivity contribution in [1.82, 2.24) is 9.47 Å². The lowest BCUT2D eigenvalue weighted by Crippen LogP contribution is -2.41. The monoisotopic (exact) mass is 350 g/mol. The molecule has 1 saturated heterocycles. The number of halogens is 1. The number of piperidine rings is 1. The molecule has 1 aliphatic heterocycles. The molecule has 0 bridgehead atoms. The van der Waals surface area contributed by atoms with Gasteiger partial charge in [-0.05, 0) is 40.9 Å². The Hall–Kier alpha value is -1.33. The molecule has 0 spiro atoms. The minimum absolute atomic E-state index is 0.107. The number of aryl methyl sites for hydroxylation is 1. The Morgan fingerprint density at radius 2 is 2.05 bits per heavy atom. The maximum absolute atomic E-state index is 12.7. The zero-order valence-corrected chi connectivity index (χ0v) is 13.9. The van der Waals surface area contributed by atoms with Crippen molar-refractivity contribution in [2.24, 2.45) is 7.05 Å². The third-order valence-electron chi connectivity index (χ3n) is 4.29. The summed E-state index contributed by atoms with van der Waals surface area (Å²) < 4.78 is 8.35. The first-order valence-electron chi connectivity index (χ1n) is 7.18. The summed E-state index contributed by atoms with van der Waals surface area (Å²) in [5.41, 5.74) is 1.81.